The van der Waals surface area contributed by atoms with Crippen molar-refractivity contribution in [3.8, 4) is 0 Å². The summed E-state index contributed by atoms with van der Waals surface area (Å²) in [5, 5.41) is 2.91. The van der Waals surface area contributed by atoms with Crippen molar-refractivity contribution < 1.29 is 9.59 Å². The number of nitrogens with zero attached hydrogens (tertiary/aromatic N) is 1. The van der Waals surface area contributed by atoms with Crippen LogP contribution < -0.4 is 11.1 Å². The van der Waals surface area contributed by atoms with E-state index >= 15 is 0 Å². The summed E-state index contributed by atoms with van der Waals surface area (Å²) >= 11 is 0. The Balaban J connectivity index is 2.66. The van der Waals surface area contributed by atoms with Gasteiger partial charge in [0.05, 0.1) is 5.70 Å². The molecule has 1 fully saturated rings. The Labute approximate surface area is 89.3 Å². The van der Waals surface area contributed by atoms with Crippen LogP contribution in [0.2, 0.25) is 0 Å². The lowest BCUT2D eigenvalue weighted by molar-refractivity contribution is -0.118. The van der Waals surface area contributed by atoms with Crippen LogP contribution in [0.15, 0.2) is 11.4 Å². The number of hydrogen-bond donors (Lipinski definition) is 2. The molecule has 1 heterocycles. The van der Waals surface area contributed by atoms with Gasteiger partial charge in [-0.25, -0.2) is 0 Å². The fourth-order valence-electron chi connectivity index (χ4n) is 1.89. The molecule has 5 nitrogen and oxygen atoms in total. The molecular weight excluding hydrogens is 194 g/mol. The Morgan fingerprint density at radius 1 is 1.60 bits per heavy atom. The minimum absolute atomic E-state index is 0.170. The van der Waals surface area contributed by atoms with Crippen LogP contribution in [0.4, 0.5) is 0 Å². The lowest BCUT2D eigenvalue weighted by atomic mass is 10.1. The Kier molecular flexibility index (Phi) is 4.15. The van der Waals surface area contributed by atoms with Gasteiger partial charge in [-0.3, -0.25) is 9.59 Å². The SMILES string of the molecule is CN/C(CC1CCCN1C=O)=C(/N)C=O. The molecule has 1 atom stereocenters. The number of likely N-dealkylation sites (tertiary alicyclic amines) is 1. The molecule has 0 radical (unpaired) electrons. The predicted octanol–water partition coefficient (Wildman–Crippen LogP) is -0.414. The Bertz CT molecular complexity index is 276. The molecule has 1 unspecified atom stereocenters. The molecular formula is C10H17N3O2. The van der Waals surface area contributed by atoms with Gasteiger partial charge in [0.1, 0.15) is 0 Å². The highest BCUT2D eigenvalue weighted by Crippen LogP contribution is 2.21. The third-order valence-corrected chi connectivity index (χ3v) is 2.78. The van der Waals surface area contributed by atoms with Crippen molar-refractivity contribution in [3.63, 3.8) is 0 Å². The summed E-state index contributed by atoms with van der Waals surface area (Å²) in [7, 11) is 1.73. The summed E-state index contributed by atoms with van der Waals surface area (Å²) < 4.78 is 0. The topological polar surface area (TPSA) is 75.4 Å². The van der Waals surface area contributed by atoms with Crippen LogP contribution in [-0.4, -0.2) is 37.2 Å². The zero-order valence-electron chi connectivity index (χ0n) is 8.90. The molecule has 0 spiro atoms. The standard InChI is InChI=1S/C10H17N3O2/c1-12-10(9(11)6-14)5-8-3-2-4-13(8)7-15/h6-8,12H,2-5,11H2,1H3/b10-9+. The first-order valence-electron chi connectivity index (χ1n) is 5.05. The van der Waals surface area contributed by atoms with E-state index < -0.39 is 0 Å². The van der Waals surface area contributed by atoms with E-state index in [9.17, 15) is 9.59 Å². The van der Waals surface area contributed by atoms with E-state index in [0.29, 0.717) is 18.4 Å². The highest BCUT2D eigenvalue weighted by molar-refractivity contribution is 5.72. The van der Waals surface area contributed by atoms with Gasteiger partial charge in [0, 0.05) is 31.8 Å². The Morgan fingerprint density at radius 2 is 2.33 bits per heavy atom. The maximum atomic E-state index is 10.7. The minimum atomic E-state index is 0.170. The first-order chi connectivity index (χ1) is 7.22. The van der Waals surface area contributed by atoms with E-state index in [2.05, 4.69) is 5.32 Å². The van der Waals surface area contributed by atoms with E-state index in [-0.39, 0.29) is 11.7 Å². The number of rotatable bonds is 5. The summed E-state index contributed by atoms with van der Waals surface area (Å²) in [4.78, 5) is 23.0. The summed E-state index contributed by atoms with van der Waals surface area (Å²) in [6, 6.07) is 0.170. The van der Waals surface area contributed by atoms with Crippen LogP contribution in [0.25, 0.3) is 0 Å². The van der Waals surface area contributed by atoms with Gasteiger partial charge >= 0.3 is 0 Å². The Morgan fingerprint density at radius 3 is 2.87 bits per heavy atom. The molecule has 0 aromatic carbocycles. The molecule has 0 bridgehead atoms. The maximum absolute atomic E-state index is 10.7. The molecule has 15 heavy (non-hydrogen) atoms. The van der Waals surface area contributed by atoms with E-state index in [1.807, 2.05) is 0 Å². The number of carbonyl (C=O) groups excluding carboxylic acids is 2. The maximum Gasteiger partial charge on any atom is 0.209 e. The third-order valence-electron chi connectivity index (χ3n) is 2.78. The van der Waals surface area contributed by atoms with Crippen LogP contribution in [0.3, 0.4) is 0 Å². The van der Waals surface area contributed by atoms with Crippen LogP contribution in [0, 0.1) is 0 Å². The van der Waals surface area contributed by atoms with Gasteiger partial charge in [-0.15, -0.1) is 0 Å². The number of allylic oxidation sites excluding steroid dienone is 1. The molecule has 1 saturated heterocycles. The molecule has 5 heteroatoms. The number of carbonyl (C=O) groups is 2. The predicted molar refractivity (Wildman–Crippen MR) is 56.7 cm³/mol. The quantitative estimate of drug-likeness (QED) is 0.478. The van der Waals surface area contributed by atoms with Gasteiger partial charge in [0.25, 0.3) is 0 Å². The summed E-state index contributed by atoms with van der Waals surface area (Å²) in [6.07, 6.45) is 4.10. The smallest absolute Gasteiger partial charge is 0.209 e. The average Bonchev–Trinajstić information content (AvgIpc) is 2.71. The van der Waals surface area contributed by atoms with Crippen molar-refractivity contribution >= 4 is 12.7 Å². The molecule has 84 valence electrons. The lowest BCUT2D eigenvalue weighted by Crippen LogP contribution is -2.31. The molecule has 0 aromatic rings. The fraction of sp³-hybridized carbons (Fsp3) is 0.600. The molecule has 0 aliphatic carbocycles. The normalized spacial score (nSPS) is 22.2. The highest BCUT2D eigenvalue weighted by atomic mass is 16.1. The minimum Gasteiger partial charge on any atom is -0.395 e. The van der Waals surface area contributed by atoms with Crippen molar-refractivity contribution in [1.29, 1.82) is 0 Å². The van der Waals surface area contributed by atoms with Crippen molar-refractivity contribution in [1.82, 2.24) is 10.2 Å². The molecule has 1 aliphatic rings. The summed E-state index contributed by atoms with van der Waals surface area (Å²) in [6.45, 7) is 0.798. The van der Waals surface area contributed by atoms with Gasteiger partial charge in [-0.2, -0.15) is 0 Å². The van der Waals surface area contributed by atoms with Crippen LogP contribution in [0.5, 0.6) is 0 Å². The zero-order chi connectivity index (χ0) is 11.3. The largest absolute Gasteiger partial charge is 0.395 e. The second-order valence-electron chi connectivity index (χ2n) is 3.65. The second kappa shape index (κ2) is 5.38. The van der Waals surface area contributed by atoms with E-state index in [4.69, 9.17) is 5.73 Å². The van der Waals surface area contributed by atoms with Crippen molar-refractivity contribution in [3.05, 3.63) is 11.4 Å². The van der Waals surface area contributed by atoms with Crippen molar-refractivity contribution in [2.45, 2.75) is 25.3 Å². The number of nitrogens with one attached hydrogen (secondary N) is 1. The second-order valence-corrected chi connectivity index (χ2v) is 3.65. The molecule has 3 N–H and O–H groups in total. The van der Waals surface area contributed by atoms with Crippen LogP contribution in [-0.2, 0) is 9.59 Å². The first-order valence-corrected chi connectivity index (χ1v) is 5.05. The molecule has 0 saturated carbocycles. The highest BCUT2D eigenvalue weighted by Gasteiger charge is 2.24. The number of nitrogens with two attached hydrogens (primary N) is 1. The lowest BCUT2D eigenvalue weighted by Gasteiger charge is -2.21. The van der Waals surface area contributed by atoms with Gasteiger partial charge in [0.15, 0.2) is 6.29 Å². The van der Waals surface area contributed by atoms with Gasteiger partial charge in [-0.1, -0.05) is 0 Å². The van der Waals surface area contributed by atoms with Crippen LogP contribution >= 0.6 is 0 Å². The fourth-order valence-corrected chi connectivity index (χ4v) is 1.89. The number of hydrogen-bond acceptors (Lipinski definition) is 4. The monoisotopic (exact) mass is 211 g/mol. The molecule has 1 aliphatic heterocycles. The number of amides is 1. The zero-order valence-corrected chi connectivity index (χ0v) is 8.90. The van der Waals surface area contributed by atoms with E-state index in [0.717, 1.165) is 25.8 Å². The molecule has 1 rings (SSSR count). The van der Waals surface area contributed by atoms with E-state index in [1.165, 1.54) is 0 Å². The van der Waals surface area contributed by atoms with Gasteiger partial charge in [0.2, 0.25) is 6.41 Å². The van der Waals surface area contributed by atoms with Crippen molar-refractivity contribution in [2.75, 3.05) is 13.6 Å². The molecule has 1 amide bonds. The first kappa shape index (κ1) is 11.6. The van der Waals surface area contributed by atoms with Crippen molar-refractivity contribution in [2.24, 2.45) is 5.73 Å². The third kappa shape index (κ3) is 2.71. The average molecular weight is 211 g/mol. The number of aldehydes is 1. The van der Waals surface area contributed by atoms with E-state index in [1.54, 1.807) is 11.9 Å². The van der Waals surface area contributed by atoms with Gasteiger partial charge < -0.3 is 16.0 Å². The van der Waals surface area contributed by atoms with Crippen LogP contribution in [0.1, 0.15) is 19.3 Å². The Hall–Kier alpha value is -1.52. The summed E-state index contributed by atoms with van der Waals surface area (Å²) in [5.74, 6) is 0. The van der Waals surface area contributed by atoms with Gasteiger partial charge in [-0.05, 0) is 12.8 Å². The summed E-state index contributed by atoms with van der Waals surface area (Å²) in [5.41, 5.74) is 6.46. The molecule has 0 aromatic heterocycles.